The molecule has 4 rings (SSSR count). The first-order chi connectivity index (χ1) is 16.6. The lowest BCUT2D eigenvalue weighted by Gasteiger charge is -2.27. The molecule has 2 atom stereocenters. The summed E-state index contributed by atoms with van der Waals surface area (Å²) in [5, 5.41) is 9.75. The minimum atomic E-state index is -4.56. The molecule has 3 aromatic rings. The van der Waals surface area contributed by atoms with Crippen LogP contribution in [-0.2, 0) is 16.2 Å². The Bertz CT molecular complexity index is 1300. The monoisotopic (exact) mass is 522 g/mol. The van der Waals surface area contributed by atoms with E-state index in [4.69, 9.17) is 16.7 Å². The van der Waals surface area contributed by atoms with Crippen molar-refractivity contribution in [1.29, 1.82) is 0 Å². The molecule has 0 aliphatic carbocycles. The Labute approximate surface area is 206 Å². The lowest BCUT2D eigenvalue weighted by molar-refractivity contribution is -0.137. The van der Waals surface area contributed by atoms with Crippen molar-refractivity contribution in [3.63, 3.8) is 0 Å². The Kier molecular flexibility index (Phi) is 7.18. The number of halogens is 4. The molecule has 6 nitrogen and oxygen atoms in total. The fraction of sp³-hybridized carbons (Fsp3) is 0.208. The van der Waals surface area contributed by atoms with Crippen LogP contribution in [0, 0.1) is 0 Å². The van der Waals surface area contributed by atoms with Gasteiger partial charge in [0.25, 0.3) is 0 Å². The molecule has 35 heavy (non-hydrogen) atoms. The van der Waals surface area contributed by atoms with Gasteiger partial charge < -0.3 is 0 Å². The van der Waals surface area contributed by atoms with E-state index in [1.54, 1.807) is 24.2 Å². The maximum Gasteiger partial charge on any atom is 0.416 e. The van der Waals surface area contributed by atoms with Crippen molar-refractivity contribution in [1.82, 2.24) is 15.0 Å². The van der Waals surface area contributed by atoms with Crippen LogP contribution in [0.2, 0.25) is 5.02 Å². The van der Waals surface area contributed by atoms with E-state index >= 15 is 0 Å². The van der Waals surface area contributed by atoms with Gasteiger partial charge in [-0.15, -0.1) is 0 Å². The van der Waals surface area contributed by atoms with E-state index in [1.807, 2.05) is 42.5 Å². The summed E-state index contributed by atoms with van der Waals surface area (Å²) in [7, 11) is -2.59. The Morgan fingerprint density at radius 2 is 1.63 bits per heavy atom. The number of sulfonamides is 1. The summed E-state index contributed by atoms with van der Waals surface area (Å²) in [6, 6.07) is 20.2. The van der Waals surface area contributed by atoms with E-state index in [0.29, 0.717) is 11.6 Å². The number of benzene rings is 3. The maximum absolute atomic E-state index is 12.9. The highest BCUT2D eigenvalue weighted by atomic mass is 35.5. The highest BCUT2D eigenvalue weighted by Crippen LogP contribution is 2.31. The molecule has 0 amide bonds. The summed E-state index contributed by atoms with van der Waals surface area (Å²) in [5.74, 6) is -0.149. The number of hydrazone groups is 1. The van der Waals surface area contributed by atoms with Crippen LogP contribution in [-0.4, -0.2) is 39.0 Å². The van der Waals surface area contributed by atoms with Gasteiger partial charge in [0.2, 0.25) is 10.0 Å². The molecule has 11 heteroatoms. The van der Waals surface area contributed by atoms with E-state index in [-0.39, 0.29) is 10.8 Å². The lowest BCUT2D eigenvalue weighted by atomic mass is 9.91. The Hall–Kier alpha value is -2.92. The van der Waals surface area contributed by atoms with Crippen molar-refractivity contribution >= 4 is 27.3 Å². The van der Waals surface area contributed by atoms with E-state index in [2.05, 4.69) is 10.0 Å². The van der Waals surface area contributed by atoms with Crippen LogP contribution in [0.25, 0.3) is 0 Å². The lowest BCUT2D eigenvalue weighted by Crippen LogP contribution is -2.53. The maximum atomic E-state index is 12.9. The highest BCUT2D eigenvalue weighted by molar-refractivity contribution is 7.89. The number of rotatable bonds is 7. The molecule has 0 spiro atoms. The number of nitrogens with zero attached hydrogens (tertiary/aromatic N) is 2. The summed E-state index contributed by atoms with van der Waals surface area (Å²) in [5.41, 5.74) is 1.65. The third kappa shape index (κ3) is 5.67. The van der Waals surface area contributed by atoms with Gasteiger partial charge >= 0.3 is 6.18 Å². The average Bonchev–Trinajstić information content (AvgIpc) is 3.28. The van der Waals surface area contributed by atoms with Gasteiger partial charge in [-0.3, -0.25) is 10.3 Å². The molecule has 0 bridgehead atoms. The smallest absolute Gasteiger partial charge is 0.286 e. The number of hydrogen-bond acceptors (Lipinski definition) is 5. The summed E-state index contributed by atoms with van der Waals surface area (Å²) >= 11 is 6.04. The van der Waals surface area contributed by atoms with Crippen LogP contribution >= 0.6 is 11.6 Å². The van der Waals surface area contributed by atoms with Crippen LogP contribution in [0.15, 0.2) is 88.9 Å². The minimum absolute atomic E-state index is 0.149. The van der Waals surface area contributed by atoms with Crippen molar-refractivity contribution in [2.75, 3.05) is 13.6 Å². The first-order valence-electron chi connectivity index (χ1n) is 10.6. The van der Waals surface area contributed by atoms with Gasteiger partial charge in [0, 0.05) is 10.9 Å². The van der Waals surface area contributed by atoms with Gasteiger partial charge in [-0.2, -0.15) is 23.0 Å². The number of alkyl halides is 3. The Morgan fingerprint density at radius 1 is 1.00 bits per heavy atom. The standard InChI is InChI=1S/C24H22ClF3N4O2S/c1-29-23(31-35(33,34)20-13-9-18(10-14-20)24(26,27)28)32-15-21(16-5-3-2-4-6-16)22(30-32)17-7-11-19(25)12-8-17/h2-14,21,23,29,31H,15H2,1H3. The second-order valence-electron chi connectivity index (χ2n) is 7.91. The molecule has 0 aromatic heterocycles. The summed E-state index contributed by atoms with van der Waals surface area (Å²) < 4.78 is 66.9. The summed E-state index contributed by atoms with van der Waals surface area (Å²) in [4.78, 5) is -0.286. The predicted octanol–water partition coefficient (Wildman–Crippen LogP) is 4.64. The third-order valence-electron chi connectivity index (χ3n) is 5.61. The van der Waals surface area contributed by atoms with Gasteiger partial charge in [-0.25, -0.2) is 8.42 Å². The molecule has 0 saturated carbocycles. The number of nitrogens with one attached hydrogen (secondary N) is 2. The Morgan fingerprint density at radius 3 is 2.20 bits per heavy atom. The van der Waals surface area contributed by atoms with Crippen LogP contribution in [0.3, 0.4) is 0 Å². The highest BCUT2D eigenvalue weighted by Gasteiger charge is 2.35. The van der Waals surface area contributed by atoms with E-state index in [0.717, 1.165) is 41.1 Å². The molecule has 3 aromatic carbocycles. The molecule has 1 heterocycles. The first-order valence-corrected chi connectivity index (χ1v) is 12.5. The van der Waals surface area contributed by atoms with Crippen molar-refractivity contribution < 1.29 is 21.6 Å². The SMILES string of the molecule is CNC(NS(=O)(=O)c1ccc(C(F)(F)F)cc1)N1CC(c2ccccc2)C(c2ccc(Cl)cc2)=N1. The molecule has 184 valence electrons. The van der Waals surface area contributed by atoms with Crippen molar-refractivity contribution in [2.24, 2.45) is 5.10 Å². The first kappa shape index (κ1) is 25.2. The topological polar surface area (TPSA) is 73.8 Å². The molecule has 1 aliphatic heterocycles. The summed E-state index contributed by atoms with van der Waals surface area (Å²) in [6.45, 7) is 0.364. The predicted molar refractivity (Wildman–Crippen MR) is 128 cm³/mol. The molecule has 2 unspecified atom stereocenters. The van der Waals surface area contributed by atoms with Crippen molar-refractivity contribution in [3.05, 3.63) is 101 Å². The zero-order valence-electron chi connectivity index (χ0n) is 18.5. The quantitative estimate of drug-likeness (QED) is 0.443. The average molecular weight is 523 g/mol. The van der Waals surface area contributed by atoms with Crippen molar-refractivity contribution in [2.45, 2.75) is 23.3 Å². The molecule has 1 aliphatic rings. The van der Waals surface area contributed by atoms with Crippen LogP contribution in [0.4, 0.5) is 13.2 Å². The van der Waals surface area contributed by atoms with Crippen LogP contribution in [0.5, 0.6) is 0 Å². The third-order valence-corrected chi connectivity index (χ3v) is 7.29. The molecular weight excluding hydrogens is 501 g/mol. The van der Waals surface area contributed by atoms with E-state index < -0.39 is 28.1 Å². The molecular formula is C24H22ClF3N4O2S. The van der Waals surface area contributed by atoms with Crippen LogP contribution < -0.4 is 10.0 Å². The Balaban J connectivity index is 1.62. The molecule has 0 fully saturated rings. The van der Waals surface area contributed by atoms with Gasteiger partial charge in [-0.05, 0) is 54.6 Å². The van der Waals surface area contributed by atoms with Crippen LogP contribution in [0.1, 0.15) is 22.6 Å². The fourth-order valence-electron chi connectivity index (χ4n) is 3.82. The van der Waals surface area contributed by atoms with E-state index in [1.165, 1.54) is 0 Å². The zero-order valence-corrected chi connectivity index (χ0v) is 20.1. The minimum Gasteiger partial charge on any atom is -0.286 e. The molecule has 2 N–H and O–H groups in total. The van der Waals surface area contributed by atoms with Gasteiger partial charge in [0.1, 0.15) is 0 Å². The van der Waals surface area contributed by atoms with E-state index in [9.17, 15) is 21.6 Å². The zero-order chi connectivity index (χ0) is 25.2. The normalized spacial score (nSPS) is 17.3. The summed E-state index contributed by atoms with van der Waals surface area (Å²) in [6.07, 6.45) is -5.50. The second kappa shape index (κ2) is 9.98. The molecule has 0 saturated heterocycles. The fourth-order valence-corrected chi connectivity index (χ4v) is 5.11. The largest absolute Gasteiger partial charge is 0.416 e. The van der Waals surface area contributed by atoms with Gasteiger partial charge in [-0.1, -0.05) is 54.1 Å². The van der Waals surface area contributed by atoms with Gasteiger partial charge in [0.15, 0.2) is 6.29 Å². The second-order valence-corrected chi connectivity index (χ2v) is 10.1. The molecule has 0 radical (unpaired) electrons. The van der Waals surface area contributed by atoms with Crippen molar-refractivity contribution in [3.8, 4) is 0 Å². The number of hydrogen-bond donors (Lipinski definition) is 2. The van der Waals surface area contributed by atoms with Gasteiger partial charge in [0.05, 0.1) is 22.7 Å².